The van der Waals surface area contributed by atoms with Crippen LogP contribution in [0.15, 0.2) is 93.8 Å². The standard InChI is InChI=1S/C40H27NO2/c1-21-17-22(2)35(23(3)18-21)24-19-31-27-13-15-29-25-9-5-4-6-11-33(25)42-39(29)37(27)41-36(31)32(20-24)28-14-16-30-26-10-7-8-12-34(26)43-40(30)38(28)41/h4,6-20H,5H2,1-3H3. The van der Waals surface area contributed by atoms with Gasteiger partial charge in [0.25, 0.3) is 0 Å². The summed E-state index contributed by atoms with van der Waals surface area (Å²) in [5, 5.41) is 9.48. The molecule has 1 aliphatic carbocycles. The Morgan fingerprint density at radius 1 is 0.628 bits per heavy atom. The van der Waals surface area contributed by atoms with Crippen molar-refractivity contribution >= 4 is 83.2 Å². The van der Waals surface area contributed by atoms with Crippen molar-refractivity contribution in [2.24, 2.45) is 0 Å². The van der Waals surface area contributed by atoms with E-state index in [1.54, 1.807) is 0 Å². The van der Waals surface area contributed by atoms with Crippen LogP contribution in [0.4, 0.5) is 0 Å². The van der Waals surface area contributed by atoms with E-state index >= 15 is 0 Å². The number of rotatable bonds is 1. The summed E-state index contributed by atoms with van der Waals surface area (Å²) in [6, 6.07) is 26.8. The maximum Gasteiger partial charge on any atom is 0.160 e. The van der Waals surface area contributed by atoms with Gasteiger partial charge in [-0.15, -0.1) is 0 Å². The topological polar surface area (TPSA) is 30.7 Å². The molecule has 4 heterocycles. The zero-order valence-corrected chi connectivity index (χ0v) is 24.2. The number of nitrogens with zero attached hydrogens (tertiary/aromatic N) is 1. The molecule has 0 saturated heterocycles. The minimum atomic E-state index is 0.893. The molecule has 0 saturated carbocycles. The average molecular weight is 554 g/mol. The lowest BCUT2D eigenvalue weighted by molar-refractivity contribution is 0.578. The molecule has 0 fully saturated rings. The van der Waals surface area contributed by atoms with Gasteiger partial charge in [0.2, 0.25) is 0 Å². The highest BCUT2D eigenvalue weighted by molar-refractivity contribution is 6.31. The van der Waals surface area contributed by atoms with Gasteiger partial charge in [-0.05, 0) is 85.9 Å². The van der Waals surface area contributed by atoms with Crippen LogP contribution in [0.3, 0.4) is 0 Å². The zero-order chi connectivity index (χ0) is 28.6. The second kappa shape index (κ2) is 7.96. The summed E-state index contributed by atoms with van der Waals surface area (Å²) in [5.74, 6) is 0. The molecule has 1 aliphatic rings. The van der Waals surface area contributed by atoms with E-state index in [0.717, 1.165) is 55.8 Å². The van der Waals surface area contributed by atoms with Crippen LogP contribution in [0, 0.1) is 20.8 Å². The highest BCUT2D eigenvalue weighted by Gasteiger charge is 2.25. The van der Waals surface area contributed by atoms with Gasteiger partial charge in [-0.3, -0.25) is 0 Å². The molecule has 3 nitrogen and oxygen atoms in total. The third kappa shape index (κ3) is 2.89. The monoisotopic (exact) mass is 553 g/mol. The molecule has 5 aromatic carbocycles. The fourth-order valence-electron chi connectivity index (χ4n) is 7.99. The number of fused-ring (bicyclic) bond motifs is 14. The number of furan rings is 2. The number of allylic oxidation sites excluding steroid dienone is 2. The Balaban J connectivity index is 1.49. The molecule has 0 bridgehead atoms. The minimum absolute atomic E-state index is 0.893. The number of benzene rings is 5. The van der Waals surface area contributed by atoms with Crippen molar-refractivity contribution in [3.05, 3.63) is 112 Å². The van der Waals surface area contributed by atoms with Gasteiger partial charge in [0.1, 0.15) is 11.0 Å². The molecule has 0 radical (unpaired) electrons. The van der Waals surface area contributed by atoms with E-state index in [1.807, 2.05) is 6.07 Å². The first-order chi connectivity index (χ1) is 21.1. The predicted molar refractivity (Wildman–Crippen MR) is 180 cm³/mol. The van der Waals surface area contributed by atoms with E-state index in [2.05, 4.69) is 116 Å². The maximum atomic E-state index is 6.74. The number of aryl methyl sites for hydroxylation is 3. The number of hydrogen-bond donors (Lipinski definition) is 0. The van der Waals surface area contributed by atoms with Crippen molar-refractivity contribution in [3.8, 4) is 11.1 Å². The molecule has 0 N–H and O–H groups in total. The van der Waals surface area contributed by atoms with Crippen LogP contribution in [-0.2, 0) is 0 Å². The van der Waals surface area contributed by atoms with Gasteiger partial charge in [0.15, 0.2) is 11.2 Å². The van der Waals surface area contributed by atoms with Crippen LogP contribution < -0.4 is 10.6 Å². The molecular weight excluding hydrogens is 526 g/mol. The van der Waals surface area contributed by atoms with Gasteiger partial charge in [0.05, 0.1) is 16.6 Å². The first kappa shape index (κ1) is 23.3. The van der Waals surface area contributed by atoms with Crippen LogP contribution in [0.2, 0.25) is 0 Å². The van der Waals surface area contributed by atoms with Crippen molar-refractivity contribution in [2.75, 3.05) is 0 Å². The van der Waals surface area contributed by atoms with E-state index in [4.69, 9.17) is 8.83 Å². The summed E-state index contributed by atoms with van der Waals surface area (Å²) < 4.78 is 15.9. The van der Waals surface area contributed by atoms with Crippen LogP contribution >= 0.6 is 0 Å². The van der Waals surface area contributed by atoms with E-state index in [1.165, 1.54) is 60.1 Å². The van der Waals surface area contributed by atoms with Gasteiger partial charge in [-0.25, -0.2) is 0 Å². The molecule has 0 atom stereocenters. The molecule has 0 spiro atoms. The van der Waals surface area contributed by atoms with Gasteiger partial charge in [-0.1, -0.05) is 66.3 Å². The second-order valence-electron chi connectivity index (χ2n) is 12.2. The molecule has 3 heteroatoms. The number of aromatic nitrogens is 1. The molecule has 0 amide bonds. The average Bonchev–Trinajstić information content (AvgIpc) is 3.68. The van der Waals surface area contributed by atoms with Crippen molar-refractivity contribution < 1.29 is 8.83 Å². The zero-order valence-electron chi connectivity index (χ0n) is 24.2. The third-order valence-corrected chi connectivity index (χ3v) is 9.59. The lowest BCUT2D eigenvalue weighted by Crippen LogP contribution is -2.18. The minimum Gasteiger partial charge on any atom is -0.454 e. The number of hydrogen-bond acceptors (Lipinski definition) is 2. The normalized spacial score (nSPS) is 13.7. The van der Waals surface area contributed by atoms with Gasteiger partial charge >= 0.3 is 0 Å². The number of para-hydroxylation sites is 1. The van der Waals surface area contributed by atoms with Crippen LogP contribution in [0.5, 0.6) is 0 Å². The van der Waals surface area contributed by atoms with Gasteiger partial charge < -0.3 is 13.2 Å². The summed E-state index contributed by atoms with van der Waals surface area (Å²) in [5.41, 5.74) is 13.6. The Morgan fingerprint density at radius 3 is 2.07 bits per heavy atom. The van der Waals surface area contributed by atoms with E-state index in [0.29, 0.717) is 0 Å². The Bertz CT molecular complexity index is 2810. The molecule has 0 unspecified atom stereocenters. The Hall–Kier alpha value is -5.28. The molecular formula is C40H27NO2. The second-order valence-corrected chi connectivity index (χ2v) is 12.2. The molecule has 9 aromatic rings. The van der Waals surface area contributed by atoms with E-state index < -0.39 is 0 Å². The third-order valence-electron chi connectivity index (χ3n) is 9.59. The fourth-order valence-corrected chi connectivity index (χ4v) is 7.99. The molecule has 10 rings (SSSR count). The maximum absolute atomic E-state index is 6.74. The summed E-state index contributed by atoms with van der Waals surface area (Å²) in [6.45, 7) is 6.64. The first-order valence-electron chi connectivity index (χ1n) is 15.0. The first-order valence-corrected chi connectivity index (χ1v) is 15.0. The van der Waals surface area contributed by atoms with Crippen LogP contribution in [-0.4, -0.2) is 4.40 Å². The van der Waals surface area contributed by atoms with Crippen molar-refractivity contribution in [3.63, 3.8) is 0 Å². The lowest BCUT2D eigenvalue weighted by Gasteiger charge is -2.12. The van der Waals surface area contributed by atoms with Gasteiger partial charge in [-0.2, -0.15) is 0 Å². The van der Waals surface area contributed by atoms with Crippen molar-refractivity contribution in [1.29, 1.82) is 0 Å². The molecule has 204 valence electrons. The predicted octanol–water partition coefficient (Wildman–Crippen LogP) is 9.60. The Labute approximate surface area is 246 Å². The largest absolute Gasteiger partial charge is 0.454 e. The van der Waals surface area contributed by atoms with Crippen LogP contribution in [0.1, 0.15) is 23.1 Å². The highest BCUT2D eigenvalue weighted by atomic mass is 16.3. The van der Waals surface area contributed by atoms with E-state index in [-0.39, 0.29) is 0 Å². The van der Waals surface area contributed by atoms with Gasteiger partial charge in [0, 0.05) is 42.9 Å². The SMILES string of the molecule is Cc1cc(C)c(-c2cc3c4ccc5c6c(oc5c4n4c3c(c2)c2ccc3c5ccccc5oc3c24)=CC=CCC=6)c(C)c1. The molecule has 0 aliphatic heterocycles. The summed E-state index contributed by atoms with van der Waals surface area (Å²) in [7, 11) is 0. The molecule has 4 aromatic heterocycles. The van der Waals surface area contributed by atoms with Crippen molar-refractivity contribution in [1.82, 2.24) is 4.40 Å². The van der Waals surface area contributed by atoms with E-state index in [9.17, 15) is 0 Å². The summed E-state index contributed by atoms with van der Waals surface area (Å²) >= 11 is 0. The summed E-state index contributed by atoms with van der Waals surface area (Å²) in [4.78, 5) is 0. The van der Waals surface area contributed by atoms with Crippen molar-refractivity contribution in [2.45, 2.75) is 27.2 Å². The van der Waals surface area contributed by atoms with Crippen LogP contribution in [0.25, 0.3) is 94.3 Å². The highest BCUT2D eigenvalue weighted by Crippen LogP contribution is 2.46. The fraction of sp³-hybridized carbons (Fsp3) is 0.100. The summed E-state index contributed by atoms with van der Waals surface area (Å²) in [6.07, 6.45) is 9.53. The molecule has 43 heavy (non-hydrogen) atoms. The smallest absolute Gasteiger partial charge is 0.160 e. The lowest BCUT2D eigenvalue weighted by atomic mass is 9.91. The quantitative estimate of drug-likeness (QED) is 0.203. The Kier molecular flexibility index (Phi) is 4.31. The Morgan fingerprint density at radius 2 is 1.30 bits per heavy atom.